The van der Waals surface area contributed by atoms with E-state index in [-0.39, 0.29) is 0 Å². The standard InChI is InChI=1S/C10H20N2S/c1-7(2)12-10(13)11-6-8(3)9-4-5-9/h7-9H,4-6H2,1-3H3,(H2,11,12,13). The van der Waals surface area contributed by atoms with Gasteiger partial charge in [0.25, 0.3) is 0 Å². The van der Waals surface area contributed by atoms with Crippen LogP contribution in [0.25, 0.3) is 0 Å². The van der Waals surface area contributed by atoms with Crippen LogP contribution < -0.4 is 10.6 Å². The van der Waals surface area contributed by atoms with E-state index in [1.165, 1.54) is 12.8 Å². The van der Waals surface area contributed by atoms with Crippen LogP contribution in [0.3, 0.4) is 0 Å². The Bertz CT molecular complexity index is 176. The molecule has 2 nitrogen and oxygen atoms in total. The van der Waals surface area contributed by atoms with Gasteiger partial charge in [0.15, 0.2) is 5.11 Å². The maximum atomic E-state index is 5.13. The Hall–Kier alpha value is -0.310. The van der Waals surface area contributed by atoms with Crippen molar-refractivity contribution in [2.45, 2.75) is 39.7 Å². The Kier molecular flexibility index (Phi) is 3.97. The normalized spacial score (nSPS) is 18.5. The van der Waals surface area contributed by atoms with Crippen LogP contribution in [0.5, 0.6) is 0 Å². The monoisotopic (exact) mass is 200 g/mol. The summed E-state index contributed by atoms with van der Waals surface area (Å²) in [6.07, 6.45) is 2.82. The molecule has 0 aromatic carbocycles. The molecule has 0 heterocycles. The van der Waals surface area contributed by atoms with Crippen molar-refractivity contribution in [2.75, 3.05) is 6.54 Å². The molecule has 1 aliphatic carbocycles. The zero-order chi connectivity index (χ0) is 9.84. The van der Waals surface area contributed by atoms with E-state index in [0.29, 0.717) is 6.04 Å². The van der Waals surface area contributed by atoms with Gasteiger partial charge in [-0.3, -0.25) is 0 Å². The van der Waals surface area contributed by atoms with Crippen molar-refractivity contribution in [1.29, 1.82) is 0 Å². The lowest BCUT2D eigenvalue weighted by Gasteiger charge is -2.16. The Labute approximate surface area is 86.5 Å². The lowest BCUT2D eigenvalue weighted by Crippen LogP contribution is -2.41. The van der Waals surface area contributed by atoms with Gasteiger partial charge < -0.3 is 10.6 Å². The Balaban J connectivity index is 2.06. The lowest BCUT2D eigenvalue weighted by molar-refractivity contribution is 0.496. The third kappa shape index (κ3) is 4.46. The highest BCUT2D eigenvalue weighted by molar-refractivity contribution is 7.80. The number of nitrogens with one attached hydrogen (secondary N) is 2. The SMILES string of the molecule is CC(C)NC(=S)NCC(C)C1CC1. The minimum absolute atomic E-state index is 0.427. The van der Waals surface area contributed by atoms with Gasteiger partial charge in [-0.15, -0.1) is 0 Å². The summed E-state index contributed by atoms with van der Waals surface area (Å²) in [6, 6.07) is 0.427. The summed E-state index contributed by atoms with van der Waals surface area (Å²) in [5, 5.41) is 7.23. The summed E-state index contributed by atoms with van der Waals surface area (Å²) in [5.74, 6) is 1.72. The zero-order valence-electron chi connectivity index (χ0n) is 8.76. The fourth-order valence-corrected chi connectivity index (χ4v) is 1.72. The quantitative estimate of drug-likeness (QED) is 0.678. The van der Waals surface area contributed by atoms with Crippen molar-refractivity contribution >= 4 is 17.3 Å². The topological polar surface area (TPSA) is 24.1 Å². The van der Waals surface area contributed by atoms with Crippen molar-refractivity contribution in [1.82, 2.24) is 10.6 Å². The maximum Gasteiger partial charge on any atom is 0.166 e. The fraction of sp³-hybridized carbons (Fsp3) is 0.900. The van der Waals surface area contributed by atoms with Gasteiger partial charge in [-0.2, -0.15) is 0 Å². The van der Waals surface area contributed by atoms with Gasteiger partial charge in [0.2, 0.25) is 0 Å². The van der Waals surface area contributed by atoms with E-state index >= 15 is 0 Å². The third-order valence-electron chi connectivity index (χ3n) is 2.43. The van der Waals surface area contributed by atoms with Crippen molar-refractivity contribution in [3.8, 4) is 0 Å². The molecule has 0 aromatic heterocycles. The molecule has 0 saturated heterocycles. The zero-order valence-corrected chi connectivity index (χ0v) is 9.58. The molecule has 1 atom stereocenters. The van der Waals surface area contributed by atoms with Crippen molar-refractivity contribution in [3.05, 3.63) is 0 Å². The highest BCUT2D eigenvalue weighted by Crippen LogP contribution is 2.35. The molecule has 3 heteroatoms. The minimum Gasteiger partial charge on any atom is -0.362 e. The predicted octanol–water partition coefficient (Wildman–Crippen LogP) is 1.91. The van der Waals surface area contributed by atoms with Crippen LogP contribution in [0, 0.1) is 11.8 Å². The van der Waals surface area contributed by atoms with Crippen LogP contribution in [0.1, 0.15) is 33.6 Å². The van der Waals surface area contributed by atoms with E-state index < -0.39 is 0 Å². The van der Waals surface area contributed by atoms with Crippen LogP contribution in [0.2, 0.25) is 0 Å². The summed E-state index contributed by atoms with van der Waals surface area (Å²) in [7, 11) is 0. The lowest BCUT2D eigenvalue weighted by atomic mass is 10.1. The van der Waals surface area contributed by atoms with E-state index in [0.717, 1.165) is 23.5 Å². The highest BCUT2D eigenvalue weighted by Gasteiger charge is 2.27. The van der Waals surface area contributed by atoms with Crippen molar-refractivity contribution in [2.24, 2.45) is 11.8 Å². The number of hydrogen-bond donors (Lipinski definition) is 2. The molecule has 1 saturated carbocycles. The van der Waals surface area contributed by atoms with Crippen LogP contribution >= 0.6 is 12.2 Å². The summed E-state index contributed by atoms with van der Waals surface area (Å²) < 4.78 is 0. The Morgan fingerprint density at radius 2 is 2.00 bits per heavy atom. The van der Waals surface area contributed by atoms with E-state index in [4.69, 9.17) is 12.2 Å². The van der Waals surface area contributed by atoms with E-state index in [2.05, 4.69) is 31.4 Å². The first kappa shape index (κ1) is 10.8. The average molecular weight is 200 g/mol. The Morgan fingerprint density at radius 1 is 1.38 bits per heavy atom. The molecule has 13 heavy (non-hydrogen) atoms. The van der Waals surface area contributed by atoms with E-state index in [1.54, 1.807) is 0 Å². The van der Waals surface area contributed by atoms with Crippen LogP contribution in [-0.2, 0) is 0 Å². The van der Waals surface area contributed by atoms with Gasteiger partial charge in [0.1, 0.15) is 0 Å². The number of rotatable bonds is 4. The van der Waals surface area contributed by atoms with Crippen LogP contribution in [0.4, 0.5) is 0 Å². The highest BCUT2D eigenvalue weighted by atomic mass is 32.1. The van der Waals surface area contributed by atoms with Gasteiger partial charge in [-0.05, 0) is 50.7 Å². The van der Waals surface area contributed by atoms with Gasteiger partial charge in [0.05, 0.1) is 0 Å². The first-order valence-electron chi connectivity index (χ1n) is 5.14. The molecule has 0 aliphatic heterocycles. The molecule has 0 bridgehead atoms. The summed E-state index contributed by atoms with van der Waals surface area (Å²) >= 11 is 5.13. The second-order valence-corrected chi connectivity index (χ2v) is 4.73. The molecule has 0 aromatic rings. The molecule has 0 amide bonds. The molecule has 76 valence electrons. The summed E-state index contributed by atoms with van der Waals surface area (Å²) in [5.41, 5.74) is 0. The summed E-state index contributed by atoms with van der Waals surface area (Å²) in [6.45, 7) is 7.50. The van der Waals surface area contributed by atoms with Gasteiger partial charge >= 0.3 is 0 Å². The molecule has 1 rings (SSSR count). The molecule has 0 radical (unpaired) electrons. The van der Waals surface area contributed by atoms with Crippen molar-refractivity contribution < 1.29 is 0 Å². The molecule has 0 spiro atoms. The first-order chi connectivity index (χ1) is 6.09. The summed E-state index contributed by atoms with van der Waals surface area (Å²) in [4.78, 5) is 0. The van der Waals surface area contributed by atoms with E-state index in [9.17, 15) is 0 Å². The van der Waals surface area contributed by atoms with Crippen molar-refractivity contribution in [3.63, 3.8) is 0 Å². The van der Waals surface area contributed by atoms with Gasteiger partial charge in [-0.25, -0.2) is 0 Å². The van der Waals surface area contributed by atoms with Gasteiger partial charge in [0, 0.05) is 12.6 Å². The second-order valence-electron chi connectivity index (χ2n) is 4.32. The van der Waals surface area contributed by atoms with Crippen LogP contribution in [0.15, 0.2) is 0 Å². The molecule has 1 aliphatic rings. The smallest absolute Gasteiger partial charge is 0.166 e. The molecule has 2 N–H and O–H groups in total. The van der Waals surface area contributed by atoms with Crippen LogP contribution in [-0.4, -0.2) is 17.7 Å². The average Bonchev–Trinajstić information content (AvgIpc) is 2.80. The largest absolute Gasteiger partial charge is 0.362 e. The number of thiocarbonyl (C=S) groups is 1. The predicted molar refractivity (Wildman–Crippen MR) is 60.8 cm³/mol. The fourth-order valence-electron chi connectivity index (χ4n) is 1.40. The molecule has 1 fully saturated rings. The second kappa shape index (κ2) is 4.80. The minimum atomic E-state index is 0.427. The molecular weight excluding hydrogens is 180 g/mol. The molecule has 1 unspecified atom stereocenters. The number of hydrogen-bond acceptors (Lipinski definition) is 1. The van der Waals surface area contributed by atoms with Gasteiger partial charge in [-0.1, -0.05) is 6.92 Å². The third-order valence-corrected chi connectivity index (χ3v) is 2.69. The first-order valence-corrected chi connectivity index (χ1v) is 5.54. The maximum absolute atomic E-state index is 5.13. The van der Waals surface area contributed by atoms with E-state index in [1.807, 2.05) is 0 Å². The molecular formula is C10H20N2S. The Morgan fingerprint density at radius 3 is 2.46 bits per heavy atom.